The van der Waals surface area contributed by atoms with Crippen LogP contribution in [0.25, 0.3) is 0 Å². The molecule has 0 spiro atoms. The Kier molecular flexibility index (Phi) is 4.96. The molecule has 1 aromatic heterocycles. The summed E-state index contributed by atoms with van der Waals surface area (Å²) in [4.78, 5) is 2.57. The van der Waals surface area contributed by atoms with E-state index in [0.717, 1.165) is 11.6 Å². The van der Waals surface area contributed by atoms with E-state index in [0.29, 0.717) is 42.5 Å². The van der Waals surface area contributed by atoms with Gasteiger partial charge in [-0.2, -0.15) is 9.40 Å². The third-order valence-electron chi connectivity index (χ3n) is 4.31. The summed E-state index contributed by atoms with van der Waals surface area (Å²) in [5.41, 5.74) is 2.30. The molecule has 130 valence electrons. The lowest BCUT2D eigenvalue weighted by atomic mass is 10.2. The number of sulfonamides is 1. The molecular formula is C16H21ClN4O2S. The van der Waals surface area contributed by atoms with Crippen LogP contribution >= 0.6 is 11.6 Å². The van der Waals surface area contributed by atoms with E-state index in [4.69, 9.17) is 11.6 Å². The third-order valence-corrected chi connectivity index (χ3v) is 6.72. The summed E-state index contributed by atoms with van der Waals surface area (Å²) < 4.78 is 27.2. The van der Waals surface area contributed by atoms with E-state index < -0.39 is 10.0 Å². The van der Waals surface area contributed by atoms with Crippen LogP contribution in [0.5, 0.6) is 0 Å². The van der Waals surface area contributed by atoms with Gasteiger partial charge < -0.3 is 0 Å². The van der Waals surface area contributed by atoms with Crippen molar-refractivity contribution in [3.8, 4) is 0 Å². The molecule has 1 aromatic carbocycles. The summed E-state index contributed by atoms with van der Waals surface area (Å²) in [6.07, 6.45) is 0. The summed E-state index contributed by atoms with van der Waals surface area (Å²) in [5.74, 6) is 0. The number of aromatic nitrogens is 2. The minimum absolute atomic E-state index is 0.314. The predicted octanol–water partition coefficient (Wildman–Crippen LogP) is 2.19. The summed E-state index contributed by atoms with van der Waals surface area (Å²) in [6.45, 7) is 6.64. The number of rotatable bonds is 4. The molecule has 24 heavy (non-hydrogen) atoms. The van der Waals surface area contributed by atoms with E-state index >= 15 is 0 Å². The minimum atomic E-state index is -3.49. The number of halogens is 1. The number of piperazine rings is 1. The quantitative estimate of drug-likeness (QED) is 0.898. The van der Waals surface area contributed by atoms with Crippen LogP contribution in [0.15, 0.2) is 29.2 Å². The largest absolute Gasteiger partial charge is 0.296 e. The van der Waals surface area contributed by atoms with E-state index in [2.05, 4.69) is 15.1 Å². The number of benzene rings is 1. The highest BCUT2D eigenvalue weighted by Gasteiger charge is 2.32. The first-order chi connectivity index (χ1) is 11.4. The Bertz CT molecular complexity index is 790. The first-order valence-corrected chi connectivity index (χ1v) is 9.68. The summed E-state index contributed by atoms with van der Waals surface area (Å²) in [6, 6.07) is 7.76. The number of hydrogen-bond acceptors (Lipinski definition) is 4. The van der Waals surface area contributed by atoms with Crippen LogP contribution < -0.4 is 0 Å². The van der Waals surface area contributed by atoms with Gasteiger partial charge in [-0.05, 0) is 31.5 Å². The lowest BCUT2D eigenvalue weighted by Crippen LogP contribution is -2.48. The number of aryl methyl sites for hydroxylation is 2. The number of H-pyrrole nitrogens is 1. The Balaban J connectivity index is 1.65. The second-order valence-electron chi connectivity index (χ2n) is 6.07. The number of aromatic amines is 1. The minimum Gasteiger partial charge on any atom is -0.296 e. The van der Waals surface area contributed by atoms with E-state index in [-0.39, 0.29) is 0 Å². The molecule has 0 radical (unpaired) electrons. The van der Waals surface area contributed by atoms with Crippen LogP contribution in [0.3, 0.4) is 0 Å². The summed E-state index contributed by atoms with van der Waals surface area (Å²) in [5, 5.41) is 7.48. The lowest BCUT2D eigenvalue weighted by Gasteiger charge is -2.34. The van der Waals surface area contributed by atoms with Gasteiger partial charge in [0.05, 0.1) is 11.4 Å². The van der Waals surface area contributed by atoms with Crippen LogP contribution in [0.1, 0.15) is 17.0 Å². The molecule has 2 heterocycles. The van der Waals surface area contributed by atoms with E-state index in [1.165, 1.54) is 5.56 Å². The lowest BCUT2D eigenvalue weighted by molar-refractivity contribution is 0.181. The maximum Gasteiger partial charge on any atom is 0.246 e. The zero-order chi connectivity index (χ0) is 17.3. The van der Waals surface area contributed by atoms with Crippen molar-refractivity contribution in [3.05, 3.63) is 46.2 Å². The van der Waals surface area contributed by atoms with Gasteiger partial charge in [-0.15, -0.1) is 0 Å². The van der Waals surface area contributed by atoms with Gasteiger partial charge in [0.25, 0.3) is 0 Å². The van der Waals surface area contributed by atoms with E-state index in [9.17, 15) is 8.42 Å². The fourth-order valence-corrected chi connectivity index (χ4v) is 4.91. The van der Waals surface area contributed by atoms with Crippen LogP contribution in [0.4, 0.5) is 0 Å². The second-order valence-corrected chi connectivity index (χ2v) is 8.38. The highest BCUT2D eigenvalue weighted by molar-refractivity contribution is 7.89. The Hall–Kier alpha value is -1.41. The molecule has 0 saturated carbocycles. The van der Waals surface area contributed by atoms with Gasteiger partial charge in [-0.25, -0.2) is 8.42 Å². The van der Waals surface area contributed by atoms with Crippen molar-refractivity contribution in [1.82, 2.24) is 19.4 Å². The predicted molar refractivity (Wildman–Crippen MR) is 93.5 cm³/mol. The molecule has 1 N–H and O–H groups in total. The third kappa shape index (κ3) is 3.49. The van der Waals surface area contributed by atoms with E-state index in [1.807, 2.05) is 24.3 Å². The van der Waals surface area contributed by atoms with Crippen molar-refractivity contribution in [1.29, 1.82) is 0 Å². The number of nitrogens with one attached hydrogen (secondary N) is 1. The molecular weight excluding hydrogens is 348 g/mol. The first kappa shape index (κ1) is 17.4. The molecule has 0 amide bonds. The van der Waals surface area contributed by atoms with Gasteiger partial charge in [0.15, 0.2) is 0 Å². The van der Waals surface area contributed by atoms with Gasteiger partial charge in [0.2, 0.25) is 10.0 Å². The molecule has 0 bridgehead atoms. The summed E-state index contributed by atoms with van der Waals surface area (Å²) >= 11 is 5.90. The van der Waals surface area contributed by atoms with Crippen molar-refractivity contribution < 1.29 is 8.42 Å². The van der Waals surface area contributed by atoms with E-state index in [1.54, 1.807) is 18.2 Å². The monoisotopic (exact) mass is 368 g/mol. The molecule has 1 fully saturated rings. The fourth-order valence-electron chi connectivity index (χ4n) is 3.03. The maximum absolute atomic E-state index is 12.8. The number of hydrogen-bond donors (Lipinski definition) is 1. The Morgan fingerprint density at radius 2 is 1.75 bits per heavy atom. The van der Waals surface area contributed by atoms with Gasteiger partial charge in [-0.1, -0.05) is 23.7 Å². The number of nitrogens with zero attached hydrogens (tertiary/aromatic N) is 3. The second kappa shape index (κ2) is 6.84. The average Bonchev–Trinajstić information content (AvgIpc) is 2.89. The van der Waals surface area contributed by atoms with Gasteiger partial charge in [0.1, 0.15) is 4.90 Å². The van der Waals surface area contributed by atoms with Gasteiger partial charge in [0, 0.05) is 37.7 Å². The molecule has 0 unspecified atom stereocenters. The van der Waals surface area contributed by atoms with Crippen LogP contribution in [-0.2, 0) is 16.6 Å². The molecule has 1 saturated heterocycles. The molecule has 1 aliphatic heterocycles. The van der Waals surface area contributed by atoms with Gasteiger partial charge >= 0.3 is 0 Å². The zero-order valence-electron chi connectivity index (χ0n) is 13.8. The molecule has 0 aliphatic carbocycles. The molecule has 6 nitrogen and oxygen atoms in total. The summed E-state index contributed by atoms with van der Waals surface area (Å²) in [7, 11) is -3.49. The zero-order valence-corrected chi connectivity index (χ0v) is 15.4. The molecule has 1 aliphatic rings. The van der Waals surface area contributed by atoms with Crippen molar-refractivity contribution in [2.75, 3.05) is 26.2 Å². The standard InChI is InChI=1S/C16H21ClN4O2S/c1-12-16(13(2)19-18-12)24(22,23)21-9-7-20(8-10-21)11-14-3-5-15(17)6-4-14/h3-6H,7-11H2,1-2H3,(H,18,19). The Morgan fingerprint density at radius 3 is 2.29 bits per heavy atom. The molecule has 0 atom stereocenters. The molecule has 2 aromatic rings. The first-order valence-electron chi connectivity index (χ1n) is 7.86. The van der Waals surface area contributed by atoms with Crippen LogP contribution in [-0.4, -0.2) is 54.0 Å². The highest BCUT2D eigenvalue weighted by Crippen LogP contribution is 2.23. The van der Waals surface area contributed by atoms with Gasteiger partial charge in [-0.3, -0.25) is 10.00 Å². The maximum atomic E-state index is 12.8. The smallest absolute Gasteiger partial charge is 0.246 e. The van der Waals surface area contributed by atoms with Crippen LogP contribution in [0, 0.1) is 13.8 Å². The molecule has 3 rings (SSSR count). The van der Waals surface area contributed by atoms with Crippen molar-refractivity contribution >= 4 is 21.6 Å². The topological polar surface area (TPSA) is 69.3 Å². The SMILES string of the molecule is Cc1n[nH]c(C)c1S(=O)(=O)N1CCN(Cc2ccc(Cl)cc2)CC1. The van der Waals surface area contributed by atoms with Crippen molar-refractivity contribution in [2.45, 2.75) is 25.3 Å². The molecule has 8 heteroatoms. The normalized spacial score (nSPS) is 17.3. The Labute approximate surface area is 147 Å². The fraction of sp³-hybridized carbons (Fsp3) is 0.438. The van der Waals surface area contributed by atoms with Crippen molar-refractivity contribution in [2.24, 2.45) is 0 Å². The average molecular weight is 369 g/mol. The van der Waals surface area contributed by atoms with Crippen LogP contribution in [0.2, 0.25) is 5.02 Å². The van der Waals surface area contributed by atoms with Crippen molar-refractivity contribution in [3.63, 3.8) is 0 Å². The highest BCUT2D eigenvalue weighted by atomic mass is 35.5. The Morgan fingerprint density at radius 1 is 1.12 bits per heavy atom.